The fourth-order valence-corrected chi connectivity index (χ4v) is 4.92. The molecule has 33 heavy (non-hydrogen) atoms. The second kappa shape index (κ2) is 10.1. The zero-order valence-electron chi connectivity index (χ0n) is 19.8. The monoisotopic (exact) mass is 465 g/mol. The van der Waals surface area contributed by atoms with Crippen LogP contribution in [0.25, 0.3) is 0 Å². The fraction of sp³-hybridized carbons (Fsp3) is 0.269. The summed E-state index contributed by atoms with van der Waals surface area (Å²) in [7, 11) is -0.00549. The molecule has 0 bridgehead atoms. The highest BCUT2D eigenvalue weighted by molar-refractivity contribution is 7.92. The van der Waals surface area contributed by atoms with Crippen molar-refractivity contribution in [2.24, 2.45) is 0 Å². The molecule has 174 valence electrons. The maximum atomic E-state index is 13.6. The van der Waals surface area contributed by atoms with Crippen LogP contribution >= 0.6 is 0 Å². The molecule has 7 heteroatoms. The van der Waals surface area contributed by atoms with E-state index in [1.165, 1.54) is 4.31 Å². The summed E-state index contributed by atoms with van der Waals surface area (Å²) in [5.74, 6) is -0.372. The molecule has 0 aromatic heterocycles. The maximum absolute atomic E-state index is 13.6. The standard InChI is InChI=1S/C26H31N3O3S/c1-19-9-15-24(16-10-19)33(31,32)29(25-8-6-7-20(2)21(25)3)18-26(30)27-17-22-11-13-23(14-12-22)28(4)5/h6-16H,17-18H2,1-5H3,(H,27,30). The smallest absolute Gasteiger partial charge is 0.264 e. The van der Waals surface area contributed by atoms with Crippen molar-refractivity contribution < 1.29 is 13.2 Å². The summed E-state index contributed by atoms with van der Waals surface area (Å²) in [6.07, 6.45) is 0. The number of hydrogen-bond acceptors (Lipinski definition) is 4. The van der Waals surface area contributed by atoms with E-state index in [1.807, 2.05) is 70.1 Å². The molecule has 0 saturated heterocycles. The van der Waals surface area contributed by atoms with Crippen LogP contribution in [0.1, 0.15) is 22.3 Å². The lowest BCUT2D eigenvalue weighted by molar-refractivity contribution is -0.119. The number of rotatable bonds is 8. The molecule has 3 aromatic carbocycles. The Kier molecular flexibility index (Phi) is 7.43. The lowest BCUT2D eigenvalue weighted by atomic mass is 10.1. The van der Waals surface area contributed by atoms with Crippen LogP contribution in [0.3, 0.4) is 0 Å². The van der Waals surface area contributed by atoms with Gasteiger partial charge in [-0.15, -0.1) is 0 Å². The molecule has 1 amide bonds. The van der Waals surface area contributed by atoms with Gasteiger partial charge in [-0.05, 0) is 67.8 Å². The summed E-state index contributed by atoms with van der Waals surface area (Å²) in [6, 6.07) is 20.0. The number of sulfonamides is 1. The van der Waals surface area contributed by atoms with Gasteiger partial charge in [-0.1, -0.05) is 42.0 Å². The highest BCUT2D eigenvalue weighted by Gasteiger charge is 2.28. The van der Waals surface area contributed by atoms with E-state index >= 15 is 0 Å². The summed E-state index contributed by atoms with van der Waals surface area (Å²) in [4.78, 5) is 15.0. The summed E-state index contributed by atoms with van der Waals surface area (Å²) >= 11 is 0. The van der Waals surface area contributed by atoms with Crippen LogP contribution in [0.15, 0.2) is 71.6 Å². The van der Waals surface area contributed by atoms with E-state index in [9.17, 15) is 13.2 Å². The number of anilines is 2. The number of nitrogens with zero attached hydrogens (tertiary/aromatic N) is 2. The molecular formula is C26H31N3O3S. The minimum absolute atomic E-state index is 0.154. The van der Waals surface area contributed by atoms with Crippen molar-refractivity contribution >= 4 is 27.3 Å². The van der Waals surface area contributed by atoms with Gasteiger partial charge in [0.05, 0.1) is 10.6 Å². The number of carbonyl (C=O) groups excluding carboxylic acids is 1. The van der Waals surface area contributed by atoms with E-state index in [-0.39, 0.29) is 17.3 Å². The predicted molar refractivity (Wildman–Crippen MR) is 134 cm³/mol. The van der Waals surface area contributed by atoms with Crippen molar-refractivity contribution in [1.82, 2.24) is 5.32 Å². The number of amides is 1. The molecule has 0 aliphatic carbocycles. The van der Waals surface area contributed by atoms with Gasteiger partial charge in [-0.2, -0.15) is 0 Å². The van der Waals surface area contributed by atoms with Gasteiger partial charge in [-0.25, -0.2) is 8.42 Å². The summed E-state index contributed by atoms with van der Waals surface area (Å²) < 4.78 is 28.3. The van der Waals surface area contributed by atoms with Gasteiger partial charge in [0.1, 0.15) is 6.54 Å². The molecule has 0 aliphatic rings. The van der Waals surface area contributed by atoms with Gasteiger partial charge < -0.3 is 10.2 Å². The zero-order valence-corrected chi connectivity index (χ0v) is 20.6. The van der Waals surface area contributed by atoms with E-state index in [2.05, 4.69) is 5.32 Å². The molecule has 0 saturated carbocycles. The van der Waals surface area contributed by atoms with Gasteiger partial charge in [0.2, 0.25) is 5.91 Å². The van der Waals surface area contributed by atoms with E-state index < -0.39 is 10.0 Å². The zero-order chi connectivity index (χ0) is 24.2. The summed E-state index contributed by atoms with van der Waals surface area (Å²) in [5, 5.41) is 2.86. The Labute approximate surface area is 196 Å². The quantitative estimate of drug-likeness (QED) is 0.542. The largest absolute Gasteiger partial charge is 0.378 e. The molecule has 0 fully saturated rings. The SMILES string of the molecule is Cc1ccc(S(=O)(=O)N(CC(=O)NCc2ccc(N(C)C)cc2)c2cccc(C)c2C)cc1. The highest BCUT2D eigenvalue weighted by Crippen LogP contribution is 2.28. The third kappa shape index (κ3) is 5.73. The molecule has 0 spiro atoms. The maximum Gasteiger partial charge on any atom is 0.264 e. The first-order chi connectivity index (χ1) is 15.6. The Balaban J connectivity index is 1.86. The second-order valence-corrected chi connectivity index (χ2v) is 10.2. The Bertz CT molecular complexity index is 1220. The summed E-state index contributed by atoms with van der Waals surface area (Å²) in [6.45, 7) is 5.70. The first-order valence-electron chi connectivity index (χ1n) is 10.8. The van der Waals surface area contributed by atoms with Crippen molar-refractivity contribution in [2.45, 2.75) is 32.2 Å². The molecule has 6 nitrogen and oxygen atoms in total. The van der Waals surface area contributed by atoms with E-state index in [0.717, 1.165) is 27.9 Å². The Morgan fingerprint density at radius 3 is 2.12 bits per heavy atom. The van der Waals surface area contributed by atoms with Gasteiger partial charge in [0.25, 0.3) is 10.0 Å². The molecule has 1 N–H and O–H groups in total. The lowest BCUT2D eigenvalue weighted by Crippen LogP contribution is -2.41. The van der Waals surface area contributed by atoms with Crippen molar-refractivity contribution in [1.29, 1.82) is 0 Å². The highest BCUT2D eigenvalue weighted by atomic mass is 32.2. The van der Waals surface area contributed by atoms with E-state index in [0.29, 0.717) is 12.2 Å². The van der Waals surface area contributed by atoms with Crippen LogP contribution in [0.5, 0.6) is 0 Å². The third-order valence-corrected chi connectivity index (χ3v) is 7.46. The van der Waals surface area contributed by atoms with Crippen LogP contribution in [0, 0.1) is 20.8 Å². The van der Waals surface area contributed by atoms with Crippen LogP contribution in [-0.4, -0.2) is 35.0 Å². The number of benzene rings is 3. The molecule has 3 rings (SSSR count). The molecule has 3 aromatic rings. The third-order valence-electron chi connectivity index (χ3n) is 5.68. The van der Waals surface area contributed by atoms with E-state index in [1.54, 1.807) is 36.4 Å². The van der Waals surface area contributed by atoms with Gasteiger partial charge in [0, 0.05) is 26.3 Å². The topological polar surface area (TPSA) is 69.7 Å². The first-order valence-corrected chi connectivity index (χ1v) is 12.2. The summed E-state index contributed by atoms with van der Waals surface area (Å²) in [5.41, 5.74) is 5.24. The molecule has 0 unspecified atom stereocenters. The predicted octanol–water partition coefficient (Wildman–Crippen LogP) is 4.19. The van der Waals surface area contributed by atoms with Crippen molar-refractivity contribution in [3.8, 4) is 0 Å². The molecule has 0 radical (unpaired) electrons. The van der Waals surface area contributed by atoms with Gasteiger partial charge in [0.15, 0.2) is 0 Å². The molecular weight excluding hydrogens is 434 g/mol. The molecule has 0 heterocycles. The van der Waals surface area contributed by atoms with Crippen LogP contribution in [0.4, 0.5) is 11.4 Å². The second-order valence-electron chi connectivity index (χ2n) is 8.38. The van der Waals surface area contributed by atoms with Gasteiger partial charge >= 0.3 is 0 Å². The average molecular weight is 466 g/mol. The number of nitrogens with one attached hydrogen (secondary N) is 1. The van der Waals surface area contributed by atoms with E-state index in [4.69, 9.17) is 0 Å². The Morgan fingerprint density at radius 1 is 0.879 bits per heavy atom. The van der Waals surface area contributed by atoms with Crippen LogP contribution < -0.4 is 14.5 Å². The fourth-order valence-electron chi connectivity index (χ4n) is 3.44. The number of hydrogen-bond donors (Lipinski definition) is 1. The van der Waals surface area contributed by atoms with Crippen molar-refractivity contribution in [3.05, 3.63) is 89.0 Å². The minimum atomic E-state index is -3.94. The Hall–Kier alpha value is -3.32. The van der Waals surface area contributed by atoms with Crippen molar-refractivity contribution in [3.63, 3.8) is 0 Å². The van der Waals surface area contributed by atoms with Crippen molar-refractivity contribution in [2.75, 3.05) is 29.8 Å². The van der Waals surface area contributed by atoms with Crippen LogP contribution in [-0.2, 0) is 21.4 Å². The Morgan fingerprint density at radius 2 is 1.52 bits per heavy atom. The van der Waals surface area contributed by atoms with Gasteiger partial charge in [-0.3, -0.25) is 9.10 Å². The normalized spacial score (nSPS) is 11.2. The molecule has 0 atom stereocenters. The molecule has 0 aliphatic heterocycles. The average Bonchev–Trinajstić information content (AvgIpc) is 2.78. The number of aryl methyl sites for hydroxylation is 2. The first kappa shape index (κ1) is 24.3. The lowest BCUT2D eigenvalue weighted by Gasteiger charge is -2.26. The number of carbonyl (C=O) groups is 1. The van der Waals surface area contributed by atoms with Crippen LogP contribution in [0.2, 0.25) is 0 Å². The minimum Gasteiger partial charge on any atom is -0.378 e.